The summed E-state index contributed by atoms with van der Waals surface area (Å²) in [7, 11) is 0. The molecule has 0 radical (unpaired) electrons. The van der Waals surface area contributed by atoms with Crippen LogP contribution in [0.15, 0.2) is 41.0 Å². The van der Waals surface area contributed by atoms with Crippen molar-refractivity contribution in [2.75, 3.05) is 0 Å². The largest absolute Gasteiger partial charge is 0.467 e. The summed E-state index contributed by atoms with van der Waals surface area (Å²) in [6.45, 7) is 0.247. The van der Waals surface area contributed by atoms with Gasteiger partial charge in [0, 0.05) is 22.2 Å². The molecule has 8 heteroatoms. The van der Waals surface area contributed by atoms with E-state index in [1.54, 1.807) is 18.2 Å². The lowest BCUT2D eigenvalue weighted by Gasteiger charge is -2.01. The third-order valence-corrected chi connectivity index (χ3v) is 4.69. The summed E-state index contributed by atoms with van der Waals surface area (Å²) in [6, 6.07) is 7.81. The van der Waals surface area contributed by atoms with Gasteiger partial charge in [-0.15, -0.1) is 11.3 Å². The second-order valence-electron chi connectivity index (χ2n) is 4.44. The smallest absolute Gasteiger partial charge is 0.270 e. The second kappa shape index (κ2) is 5.78. The number of fused-ring (bicyclic) bond motifs is 1. The number of carbonyl (C=O) groups is 1. The van der Waals surface area contributed by atoms with Gasteiger partial charge in [-0.1, -0.05) is 11.6 Å². The maximum absolute atomic E-state index is 12.2. The first-order valence-corrected chi connectivity index (χ1v) is 7.42. The molecule has 0 spiro atoms. The second-order valence-corrected chi connectivity index (χ2v) is 5.87. The summed E-state index contributed by atoms with van der Waals surface area (Å²) in [5.41, 5.74) is -0.0343. The Hall–Kier alpha value is -2.38. The predicted octanol–water partition coefficient (Wildman–Crippen LogP) is 3.99. The van der Waals surface area contributed by atoms with Gasteiger partial charge in [0.15, 0.2) is 0 Å². The van der Waals surface area contributed by atoms with Crippen molar-refractivity contribution in [2.45, 2.75) is 6.54 Å². The molecule has 1 aromatic carbocycles. The quantitative estimate of drug-likeness (QED) is 0.576. The fourth-order valence-corrected chi connectivity index (χ4v) is 3.44. The minimum atomic E-state index is -0.482. The maximum Gasteiger partial charge on any atom is 0.270 e. The van der Waals surface area contributed by atoms with Crippen molar-refractivity contribution < 1.29 is 14.1 Å². The molecule has 1 amide bonds. The summed E-state index contributed by atoms with van der Waals surface area (Å²) in [5, 5.41) is 14.4. The number of nitrogens with one attached hydrogen (secondary N) is 1. The minimum Gasteiger partial charge on any atom is -0.467 e. The first kappa shape index (κ1) is 14.6. The molecule has 3 aromatic rings. The number of halogens is 1. The lowest BCUT2D eigenvalue weighted by molar-refractivity contribution is -0.384. The van der Waals surface area contributed by atoms with Crippen LogP contribution in [0.25, 0.3) is 10.1 Å². The zero-order chi connectivity index (χ0) is 15.7. The van der Waals surface area contributed by atoms with Gasteiger partial charge in [-0.2, -0.15) is 0 Å². The topological polar surface area (TPSA) is 85.4 Å². The fraction of sp³-hybridized carbons (Fsp3) is 0.0714. The molecule has 22 heavy (non-hydrogen) atoms. The summed E-state index contributed by atoms with van der Waals surface area (Å²) in [5.74, 6) is 0.284. The lowest BCUT2D eigenvalue weighted by Crippen LogP contribution is -2.21. The number of benzene rings is 1. The predicted molar refractivity (Wildman–Crippen MR) is 83.4 cm³/mol. The van der Waals surface area contributed by atoms with Crippen LogP contribution in [0, 0.1) is 10.1 Å². The molecular weight excluding hydrogens is 328 g/mol. The highest BCUT2D eigenvalue weighted by molar-refractivity contribution is 7.21. The van der Waals surface area contributed by atoms with Gasteiger partial charge in [0.05, 0.1) is 22.8 Å². The molecule has 0 aliphatic carbocycles. The highest BCUT2D eigenvalue weighted by atomic mass is 35.5. The van der Waals surface area contributed by atoms with E-state index < -0.39 is 4.92 Å². The zero-order valence-corrected chi connectivity index (χ0v) is 12.6. The van der Waals surface area contributed by atoms with Crippen LogP contribution in [0.3, 0.4) is 0 Å². The molecule has 2 aromatic heterocycles. The molecule has 0 fully saturated rings. The number of furan rings is 1. The zero-order valence-electron chi connectivity index (χ0n) is 11.0. The van der Waals surface area contributed by atoms with E-state index in [9.17, 15) is 14.9 Å². The Morgan fingerprint density at radius 2 is 2.23 bits per heavy atom. The van der Waals surface area contributed by atoms with Crippen LogP contribution in [-0.2, 0) is 6.54 Å². The summed E-state index contributed by atoms with van der Waals surface area (Å²) < 4.78 is 5.73. The third kappa shape index (κ3) is 2.68. The van der Waals surface area contributed by atoms with Gasteiger partial charge in [0.25, 0.3) is 11.6 Å². The van der Waals surface area contributed by atoms with E-state index in [1.165, 1.54) is 18.4 Å². The molecule has 0 atom stereocenters. The van der Waals surface area contributed by atoms with E-state index in [1.807, 2.05) is 0 Å². The van der Waals surface area contributed by atoms with Gasteiger partial charge in [-0.3, -0.25) is 14.9 Å². The van der Waals surface area contributed by atoms with Crippen LogP contribution in [0.5, 0.6) is 0 Å². The number of nitro benzene ring substituents is 1. The van der Waals surface area contributed by atoms with E-state index in [4.69, 9.17) is 16.0 Å². The Balaban J connectivity index is 1.88. The molecule has 2 heterocycles. The molecule has 1 N–H and O–H groups in total. The van der Waals surface area contributed by atoms with Gasteiger partial charge in [-0.25, -0.2) is 0 Å². The van der Waals surface area contributed by atoms with Crippen LogP contribution in [0.1, 0.15) is 15.4 Å². The molecule has 0 aliphatic heterocycles. The number of amides is 1. The number of rotatable bonds is 4. The number of hydrogen-bond donors (Lipinski definition) is 1. The van der Waals surface area contributed by atoms with E-state index in [0.29, 0.717) is 25.7 Å². The Morgan fingerprint density at radius 3 is 2.91 bits per heavy atom. The van der Waals surface area contributed by atoms with Crippen LogP contribution >= 0.6 is 22.9 Å². The number of nitrogens with zero attached hydrogens (tertiary/aromatic N) is 1. The lowest BCUT2D eigenvalue weighted by atomic mass is 10.2. The number of nitro groups is 1. The monoisotopic (exact) mass is 336 g/mol. The van der Waals surface area contributed by atoms with E-state index >= 15 is 0 Å². The Bertz CT molecular complexity index is 857. The van der Waals surface area contributed by atoms with Crippen LogP contribution in [0.2, 0.25) is 5.02 Å². The normalized spacial score (nSPS) is 10.8. The summed E-state index contributed by atoms with van der Waals surface area (Å²) >= 11 is 7.32. The molecule has 0 bridgehead atoms. The molecule has 6 nitrogen and oxygen atoms in total. The molecule has 0 aliphatic rings. The Morgan fingerprint density at radius 1 is 1.41 bits per heavy atom. The fourth-order valence-electron chi connectivity index (χ4n) is 1.97. The Labute approximate surface area is 133 Å². The molecular formula is C14H9ClN2O4S. The van der Waals surface area contributed by atoms with Crippen molar-refractivity contribution in [3.63, 3.8) is 0 Å². The number of non-ortho nitro benzene ring substituents is 1. The molecule has 0 unspecified atom stereocenters. The Kier molecular flexibility index (Phi) is 3.82. The highest BCUT2D eigenvalue weighted by Crippen LogP contribution is 2.37. The number of thiophene rings is 1. The molecule has 112 valence electrons. The highest BCUT2D eigenvalue weighted by Gasteiger charge is 2.19. The number of carbonyl (C=O) groups excluding carboxylic acids is 1. The van der Waals surface area contributed by atoms with Crippen molar-refractivity contribution >= 4 is 44.6 Å². The molecule has 0 saturated heterocycles. The summed E-state index contributed by atoms with van der Waals surface area (Å²) in [4.78, 5) is 22.8. The third-order valence-electron chi connectivity index (χ3n) is 3.03. The maximum atomic E-state index is 12.2. The molecule has 3 rings (SSSR count). The average Bonchev–Trinajstić information content (AvgIpc) is 3.12. The number of hydrogen-bond acceptors (Lipinski definition) is 5. The summed E-state index contributed by atoms with van der Waals surface area (Å²) in [6.07, 6.45) is 1.52. The SMILES string of the molecule is O=C(NCc1ccco1)c1sc2cc([N+](=O)[O-])ccc2c1Cl. The van der Waals surface area contributed by atoms with E-state index in [0.717, 1.165) is 11.3 Å². The van der Waals surface area contributed by atoms with Crippen molar-refractivity contribution in [3.05, 3.63) is 62.4 Å². The van der Waals surface area contributed by atoms with Crippen molar-refractivity contribution in [3.8, 4) is 0 Å². The van der Waals surface area contributed by atoms with Gasteiger partial charge in [0.1, 0.15) is 10.6 Å². The van der Waals surface area contributed by atoms with Gasteiger partial charge < -0.3 is 9.73 Å². The van der Waals surface area contributed by atoms with Crippen LogP contribution in [-0.4, -0.2) is 10.8 Å². The average molecular weight is 337 g/mol. The van der Waals surface area contributed by atoms with Gasteiger partial charge in [0.2, 0.25) is 0 Å². The van der Waals surface area contributed by atoms with Gasteiger partial charge >= 0.3 is 0 Å². The first-order chi connectivity index (χ1) is 10.6. The van der Waals surface area contributed by atoms with Gasteiger partial charge in [-0.05, 0) is 18.2 Å². The molecule has 0 saturated carbocycles. The van der Waals surface area contributed by atoms with Crippen molar-refractivity contribution in [1.29, 1.82) is 0 Å². The van der Waals surface area contributed by atoms with Crippen LogP contribution in [0.4, 0.5) is 5.69 Å². The van der Waals surface area contributed by atoms with E-state index in [2.05, 4.69) is 5.32 Å². The first-order valence-electron chi connectivity index (χ1n) is 6.23. The van der Waals surface area contributed by atoms with E-state index in [-0.39, 0.29) is 18.1 Å². The van der Waals surface area contributed by atoms with Crippen molar-refractivity contribution in [1.82, 2.24) is 5.32 Å². The van der Waals surface area contributed by atoms with Crippen molar-refractivity contribution in [2.24, 2.45) is 0 Å². The minimum absolute atomic E-state index is 0.0343. The van der Waals surface area contributed by atoms with Crippen LogP contribution < -0.4 is 5.32 Å². The standard InChI is InChI=1S/C14H9ClN2O4S/c15-12-10-4-3-8(17(19)20)6-11(10)22-13(12)14(18)16-7-9-2-1-5-21-9/h1-6H,7H2,(H,16,18).